The van der Waals surface area contributed by atoms with Crippen molar-refractivity contribution in [2.45, 2.75) is 18.9 Å². The molecule has 1 aliphatic rings. The van der Waals surface area contributed by atoms with Crippen LogP contribution in [-0.2, 0) is 17.6 Å². The highest BCUT2D eigenvalue weighted by molar-refractivity contribution is 5.73. The van der Waals surface area contributed by atoms with Gasteiger partial charge in [0.2, 0.25) is 0 Å². The Morgan fingerprint density at radius 1 is 1.60 bits per heavy atom. The van der Waals surface area contributed by atoms with E-state index in [0.717, 1.165) is 17.7 Å². The predicted molar refractivity (Wildman–Crippen MR) is 55.0 cm³/mol. The number of aliphatic carboxylic acids is 1. The average Bonchev–Trinajstić information content (AvgIpc) is 2.64. The van der Waals surface area contributed by atoms with Crippen molar-refractivity contribution in [3.05, 3.63) is 29.3 Å². The lowest BCUT2D eigenvalue weighted by molar-refractivity contribution is -0.138. The number of carboxylic acids is 1. The minimum Gasteiger partial charge on any atom is -0.493 e. The van der Waals surface area contributed by atoms with Gasteiger partial charge in [-0.3, -0.25) is 4.79 Å². The molecule has 0 spiro atoms. The van der Waals surface area contributed by atoms with Crippen LogP contribution < -0.4 is 10.5 Å². The molecule has 0 unspecified atom stereocenters. The molecule has 3 N–H and O–H groups in total. The first-order chi connectivity index (χ1) is 7.16. The SMILES string of the molecule is N[C@H](Cc1ccc2c(c1)OCC2)C(=O)O. The first-order valence-corrected chi connectivity index (χ1v) is 4.90. The van der Waals surface area contributed by atoms with Gasteiger partial charge in [0.25, 0.3) is 0 Å². The van der Waals surface area contributed by atoms with E-state index in [1.54, 1.807) is 0 Å². The third-order valence-electron chi connectivity index (χ3n) is 2.53. The number of hydrogen-bond donors (Lipinski definition) is 2. The molecule has 1 aromatic carbocycles. The average molecular weight is 207 g/mol. The maximum atomic E-state index is 10.6. The number of benzene rings is 1. The van der Waals surface area contributed by atoms with Crippen LogP contribution in [0.25, 0.3) is 0 Å². The molecule has 0 fully saturated rings. The number of nitrogens with two attached hydrogens (primary N) is 1. The van der Waals surface area contributed by atoms with Crippen molar-refractivity contribution in [2.75, 3.05) is 6.61 Å². The molecule has 0 aliphatic carbocycles. The molecule has 1 atom stereocenters. The topological polar surface area (TPSA) is 72.5 Å². The Kier molecular flexibility index (Phi) is 2.60. The van der Waals surface area contributed by atoms with Crippen LogP contribution >= 0.6 is 0 Å². The number of fused-ring (bicyclic) bond motifs is 1. The maximum absolute atomic E-state index is 10.6. The Balaban J connectivity index is 2.13. The van der Waals surface area contributed by atoms with Crippen LogP contribution in [0.15, 0.2) is 18.2 Å². The molecule has 0 amide bonds. The van der Waals surface area contributed by atoms with Crippen molar-refractivity contribution in [1.82, 2.24) is 0 Å². The number of carbonyl (C=O) groups is 1. The summed E-state index contributed by atoms with van der Waals surface area (Å²) in [5.74, 6) is -0.110. The fourth-order valence-corrected chi connectivity index (χ4v) is 1.68. The Hall–Kier alpha value is -1.55. The van der Waals surface area contributed by atoms with Gasteiger partial charge in [-0.25, -0.2) is 0 Å². The molecule has 0 aromatic heterocycles. The van der Waals surface area contributed by atoms with Crippen molar-refractivity contribution < 1.29 is 14.6 Å². The lowest BCUT2D eigenvalue weighted by atomic mass is 10.0. The molecule has 4 nitrogen and oxygen atoms in total. The Morgan fingerprint density at radius 3 is 3.13 bits per heavy atom. The van der Waals surface area contributed by atoms with E-state index in [1.807, 2.05) is 18.2 Å². The Morgan fingerprint density at radius 2 is 2.40 bits per heavy atom. The summed E-state index contributed by atoms with van der Waals surface area (Å²) in [7, 11) is 0. The van der Waals surface area contributed by atoms with E-state index in [0.29, 0.717) is 13.0 Å². The van der Waals surface area contributed by atoms with Gasteiger partial charge in [0.15, 0.2) is 0 Å². The van der Waals surface area contributed by atoms with Gasteiger partial charge < -0.3 is 15.6 Å². The molecule has 4 heteroatoms. The number of rotatable bonds is 3. The molecule has 1 heterocycles. The normalized spacial score (nSPS) is 15.5. The van der Waals surface area contributed by atoms with Gasteiger partial charge in [-0.05, 0) is 23.6 Å². The molecule has 2 rings (SSSR count). The smallest absolute Gasteiger partial charge is 0.320 e. The zero-order valence-electron chi connectivity index (χ0n) is 8.27. The predicted octanol–water partition coefficient (Wildman–Crippen LogP) is 0.576. The lowest BCUT2D eigenvalue weighted by Crippen LogP contribution is -2.32. The van der Waals surface area contributed by atoms with Crippen molar-refractivity contribution in [1.29, 1.82) is 0 Å². The minimum atomic E-state index is -0.976. The second-order valence-electron chi connectivity index (χ2n) is 3.69. The van der Waals surface area contributed by atoms with E-state index in [4.69, 9.17) is 15.6 Å². The minimum absolute atomic E-state index is 0.339. The number of hydrogen-bond acceptors (Lipinski definition) is 3. The molecule has 80 valence electrons. The Bertz CT molecular complexity index is 389. The first-order valence-electron chi connectivity index (χ1n) is 4.90. The largest absolute Gasteiger partial charge is 0.493 e. The summed E-state index contributed by atoms with van der Waals surface area (Å²) in [6, 6.07) is 4.93. The van der Waals surface area contributed by atoms with E-state index >= 15 is 0 Å². The molecule has 0 saturated heterocycles. The number of carboxylic acid groups (broad SMARTS) is 1. The summed E-state index contributed by atoms with van der Waals surface area (Å²) >= 11 is 0. The molecule has 1 aromatic rings. The highest BCUT2D eigenvalue weighted by atomic mass is 16.5. The maximum Gasteiger partial charge on any atom is 0.320 e. The van der Waals surface area contributed by atoms with Crippen LogP contribution in [0.3, 0.4) is 0 Å². The molecule has 0 bridgehead atoms. The van der Waals surface area contributed by atoms with E-state index in [-0.39, 0.29) is 0 Å². The molecule has 0 radical (unpaired) electrons. The zero-order valence-corrected chi connectivity index (χ0v) is 8.27. The van der Waals surface area contributed by atoms with Crippen molar-refractivity contribution in [3.63, 3.8) is 0 Å². The van der Waals surface area contributed by atoms with E-state index < -0.39 is 12.0 Å². The zero-order chi connectivity index (χ0) is 10.8. The van der Waals surface area contributed by atoms with E-state index in [9.17, 15) is 4.79 Å². The monoisotopic (exact) mass is 207 g/mol. The summed E-state index contributed by atoms with van der Waals surface area (Å²) in [5, 5.41) is 8.68. The van der Waals surface area contributed by atoms with Gasteiger partial charge in [0, 0.05) is 6.42 Å². The van der Waals surface area contributed by atoms with Gasteiger partial charge in [0.1, 0.15) is 11.8 Å². The summed E-state index contributed by atoms with van der Waals surface area (Å²) < 4.78 is 5.39. The Labute approximate surface area is 87.7 Å². The van der Waals surface area contributed by atoms with Gasteiger partial charge in [-0.2, -0.15) is 0 Å². The molecule has 1 aliphatic heterocycles. The molecule has 0 saturated carbocycles. The first kappa shape index (κ1) is 9.98. The lowest BCUT2D eigenvalue weighted by Gasteiger charge is -2.07. The van der Waals surface area contributed by atoms with Gasteiger partial charge in [0.05, 0.1) is 6.61 Å². The van der Waals surface area contributed by atoms with E-state index in [2.05, 4.69) is 0 Å². The summed E-state index contributed by atoms with van der Waals surface area (Å²) in [4.78, 5) is 10.6. The third kappa shape index (κ3) is 2.10. The van der Waals surface area contributed by atoms with Crippen molar-refractivity contribution >= 4 is 5.97 Å². The molecular formula is C11H13NO3. The molecular weight excluding hydrogens is 194 g/mol. The van der Waals surface area contributed by atoms with Gasteiger partial charge in [-0.1, -0.05) is 12.1 Å². The van der Waals surface area contributed by atoms with E-state index in [1.165, 1.54) is 5.56 Å². The van der Waals surface area contributed by atoms with Crippen LogP contribution in [-0.4, -0.2) is 23.7 Å². The quantitative estimate of drug-likeness (QED) is 0.760. The summed E-state index contributed by atoms with van der Waals surface area (Å²) in [5.41, 5.74) is 7.54. The van der Waals surface area contributed by atoms with Crippen LogP contribution in [0.1, 0.15) is 11.1 Å². The standard InChI is InChI=1S/C11H13NO3/c12-9(11(13)14)5-7-1-2-8-3-4-15-10(8)6-7/h1-2,6,9H,3-5,12H2,(H,13,14)/t9-/m1/s1. The van der Waals surface area contributed by atoms with Crippen LogP contribution in [0.4, 0.5) is 0 Å². The fourth-order valence-electron chi connectivity index (χ4n) is 1.68. The third-order valence-corrected chi connectivity index (χ3v) is 2.53. The van der Waals surface area contributed by atoms with Crippen molar-refractivity contribution in [3.8, 4) is 5.75 Å². The number of ether oxygens (including phenoxy) is 1. The second-order valence-corrected chi connectivity index (χ2v) is 3.69. The highest BCUT2D eigenvalue weighted by Gasteiger charge is 2.15. The molecule has 15 heavy (non-hydrogen) atoms. The van der Waals surface area contributed by atoms with Crippen LogP contribution in [0.2, 0.25) is 0 Å². The summed E-state index contributed by atoms with van der Waals surface area (Å²) in [6.07, 6.45) is 1.27. The summed E-state index contributed by atoms with van der Waals surface area (Å²) in [6.45, 7) is 0.712. The second kappa shape index (κ2) is 3.90. The van der Waals surface area contributed by atoms with Crippen molar-refractivity contribution in [2.24, 2.45) is 5.73 Å². The highest BCUT2D eigenvalue weighted by Crippen LogP contribution is 2.26. The fraction of sp³-hybridized carbons (Fsp3) is 0.364. The van der Waals surface area contributed by atoms with Gasteiger partial charge >= 0.3 is 5.97 Å². The van der Waals surface area contributed by atoms with Gasteiger partial charge in [-0.15, -0.1) is 0 Å². The van der Waals surface area contributed by atoms with Crippen LogP contribution in [0, 0.1) is 0 Å². The van der Waals surface area contributed by atoms with Crippen LogP contribution in [0.5, 0.6) is 5.75 Å².